The lowest BCUT2D eigenvalue weighted by Crippen LogP contribution is -2.07. The first kappa shape index (κ1) is 18.4. The molecule has 2 aromatic rings. The van der Waals surface area contributed by atoms with Crippen LogP contribution in [-0.4, -0.2) is 30.1 Å². The van der Waals surface area contributed by atoms with Crippen LogP contribution in [0.5, 0.6) is 5.75 Å². The number of thiazole rings is 1. The average Bonchev–Trinajstić information content (AvgIpc) is 2.87. The predicted molar refractivity (Wildman–Crippen MR) is 101 cm³/mol. The standard InChI is InChI=1S/C18H24BrNO2S/c1-13(2)11-17-18(20-14(3)23-17)15-5-4-6-16(12-15)22-10-9-21-8-7-19/h4-6,12-13H,7-11H2,1-3H3. The Balaban J connectivity index is 2.07. The van der Waals surface area contributed by atoms with E-state index >= 15 is 0 Å². The van der Waals surface area contributed by atoms with Gasteiger partial charge in [0.15, 0.2) is 0 Å². The van der Waals surface area contributed by atoms with Gasteiger partial charge in [-0.25, -0.2) is 4.98 Å². The minimum atomic E-state index is 0.561. The maximum absolute atomic E-state index is 5.78. The van der Waals surface area contributed by atoms with Crippen LogP contribution in [0.15, 0.2) is 24.3 Å². The summed E-state index contributed by atoms with van der Waals surface area (Å²) in [5.41, 5.74) is 2.23. The molecule has 0 fully saturated rings. The third-order valence-electron chi connectivity index (χ3n) is 3.22. The van der Waals surface area contributed by atoms with E-state index in [1.807, 2.05) is 12.1 Å². The third kappa shape index (κ3) is 5.90. The Morgan fingerprint density at radius 3 is 2.78 bits per heavy atom. The van der Waals surface area contributed by atoms with Crippen LogP contribution < -0.4 is 4.74 Å². The molecule has 23 heavy (non-hydrogen) atoms. The van der Waals surface area contributed by atoms with E-state index in [4.69, 9.17) is 14.5 Å². The fraction of sp³-hybridized carbons (Fsp3) is 0.500. The Kier molecular flexibility index (Phi) is 7.53. The van der Waals surface area contributed by atoms with Crippen LogP contribution >= 0.6 is 27.3 Å². The van der Waals surface area contributed by atoms with Crippen molar-refractivity contribution in [3.63, 3.8) is 0 Å². The highest BCUT2D eigenvalue weighted by molar-refractivity contribution is 9.09. The molecule has 1 aromatic heterocycles. The predicted octanol–water partition coefficient (Wildman–Crippen LogP) is 5.11. The lowest BCUT2D eigenvalue weighted by atomic mass is 10.0. The van der Waals surface area contributed by atoms with Crippen molar-refractivity contribution in [1.82, 2.24) is 4.98 Å². The molecule has 1 aromatic carbocycles. The van der Waals surface area contributed by atoms with Crippen LogP contribution in [0.25, 0.3) is 11.3 Å². The quantitative estimate of drug-likeness (QED) is 0.435. The number of benzene rings is 1. The summed E-state index contributed by atoms with van der Waals surface area (Å²) < 4.78 is 11.2. The Hall–Kier alpha value is -0.910. The lowest BCUT2D eigenvalue weighted by molar-refractivity contribution is 0.112. The van der Waals surface area contributed by atoms with E-state index < -0.39 is 0 Å². The smallest absolute Gasteiger partial charge is 0.120 e. The summed E-state index contributed by atoms with van der Waals surface area (Å²) in [4.78, 5) is 6.09. The van der Waals surface area contributed by atoms with Crippen molar-refractivity contribution in [2.24, 2.45) is 5.92 Å². The molecule has 0 bridgehead atoms. The van der Waals surface area contributed by atoms with Gasteiger partial charge in [0.25, 0.3) is 0 Å². The number of aromatic nitrogens is 1. The Labute approximate surface area is 151 Å². The third-order valence-corrected chi connectivity index (χ3v) is 4.54. The zero-order valence-electron chi connectivity index (χ0n) is 14.0. The molecule has 0 amide bonds. The maximum atomic E-state index is 5.78. The van der Waals surface area contributed by atoms with Crippen LogP contribution in [0.1, 0.15) is 23.7 Å². The summed E-state index contributed by atoms with van der Waals surface area (Å²) in [6.45, 7) is 8.42. The van der Waals surface area contributed by atoms with Crippen LogP contribution in [0, 0.1) is 12.8 Å². The first-order valence-corrected chi connectivity index (χ1v) is 9.87. The number of nitrogens with zero attached hydrogens (tertiary/aromatic N) is 1. The van der Waals surface area contributed by atoms with E-state index in [-0.39, 0.29) is 0 Å². The SMILES string of the molecule is Cc1nc(-c2cccc(OCCOCCBr)c2)c(CC(C)C)s1. The van der Waals surface area contributed by atoms with E-state index in [2.05, 4.69) is 48.8 Å². The van der Waals surface area contributed by atoms with Crippen molar-refractivity contribution in [3.05, 3.63) is 34.2 Å². The second kappa shape index (κ2) is 9.40. The molecule has 0 aliphatic rings. The average molecular weight is 398 g/mol. The Bertz CT molecular complexity index is 613. The van der Waals surface area contributed by atoms with E-state index in [1.54, 1.807) is 11.3 Å². The molecule has 0 radical (unpaired) electrons. The van der Waals surface area contributed by atoms with E-state index in [9.17, 15) is 0 Å². The maximum Gasteiger partial charge on any atom is 0.120 e. The summed E-state index contributed by atoms with van der Waals surface area (Å²) in [6, 6.07) is 8.18. The van der Waals surface area contributed by atoms with Gasteiger partial charge in [0.2, 0.25) is 0 Å². The molecule has 0 unspecified atom stereocenters. The van der Waals surface area contributed by atoms with Crippen molar-refractivity contribution in [3.8, 4) is 17.0 Å². The number of ether oxygens (including phenoxy) is 2. The van der Waals surface area contributed by atoms with E-state index in [0.29, 0.717) is 25.7 Å². The largest absolute Gasteiger partial charge is 0.491 e. The minimum Gasteiger partial charge on any atom is -0.491 e. The molecule has 5 heteroatoms. The van der Waals surface area contributed by atoms with Crippen molar-refractivity contribution in [1.29, 1.82) is 0 Å². The van der Waals surface area contributed by atoms with Crippen LogP contribution in [0.2, 0.25) is 0 Å². The molecule has 3 nitrogen and oxygen atoms in total. The summed E-state index contributed by atoms with van der Waals surface area (Å²) in [7, 11) is 0. The molecule has 1 heterocycles. The normalized spacial score (nSPS) is 11.2. The van der Waals surface area contributed by atoms with Gasteiger partial charge in [-0.05, 0) is 31.4 Å². The zero-order valence-corrected chi connectivity index (χ0v) is 16.4. The minimum absolute atomic E-state index is 0.561. The topological polar surface area (TPSA) is 31.4 Å². The first-order valence-electron chi connectivity index (χ1n) is 7.93. The summed E-state index contributed by atoms with van der Waals surface area (Å²) in [6.07, 6.45) is 1.06. The molecule has 2 rings (SSSR count). The summed E-state index contributed by atoms with van der Waals surface area (Å²) in [5.74, 6) is 1.49. The fourth-order valence-electron chi connectivity index (χ4n) is 2.31. The molecule has 0 aliphatic carbocycles. The van der Waals surface area contributed by atoms with Crippen LogP contribution in [-0.2, 0) is 11.2 Å². The molecular weight excluding hydrogens is 374 g/mol. The molecule has 0 saturated carbocycles. The Morgan fingerprint density at radius 2 is 2.04 bits per heavy atom. The van der Waals surface area contributed by atoms with Crippen molar-refractivity contribution in [2.75, 3.05) is 25.2 Å². The van der Waals surface area contributed by atoms with Gasteiger partial charge in [0, 0.05) is 15.8 Å². The number of halogens is 1. The second-order valence-corrected chi connectivity index (χ2v) is 7.86. The zero-order chi connectivity index (χ0) is 16.7. The van der Waals surface area contributed by atoms with Gasteiger partial charge >= 0.3 is 0 Å². The van der Waals surface area contributed by atoms with Gasteiger partial charge in [-0.15, -0.1) is 11.3 Å². The highest BCUT2D eigenvalue weighted by Gasteiger charge is 2.13. The number of hydrogen-bond acceptors (Lipinski definition) is 4. The van der Waals surface area contributed by atoms with Gasteiger partial charge in [-0.3, -0.25) is 0 Å². The van der Waals surface area contributed by atoms with Gasteiger partial charge in [-0.1, -0.05) is 41.9 Å². The highest BCUT2D eigenvalue weighted by atomic mass is 79.9. The Morgan fingerprint density at radius 1 is 1.22 bits per heavy atom. The van der Waals surface area contributed by atoms with Crippen LogP contribution in [0.3, 0.4) is 0 Å². The van der Waals surface area contributed by atoms with Crippen molar-refractivity contribution in [2.45, 2.75) is 27.2 Å². The second-order valence-electron chi connectivity index (χ2n) is 5.78. The fourth-order valence-corrected chi connectivity index (χ4v) is 3.71. The highest BCUT2D eigenvalue weighted by Crippen LogP contribution is 2.31. The first-order chi connectivity index (χ1) is 11.1. The van der Waals surface area contributed by atoms with Gasteiger partial charge < -0.3 is 9.47 Å². The van der Waals surface area contributed by atoms with Crippen molar-refractivity contribution >= 4 is 27.3 Å². The number of aryl methyl sites for hydroxylation is 1. The molecular formula is C18H24BrNO2S. The lowest BCUT2D eigenvalue weighted by Gasteiger charge is -2.09. The molecule has 0 N–H and O–H groups in total. The van der Waals surface area contributed by atoms with Crippen molar-refractivity contribution < 1.29 is 9.47 Å². The summed E-state index contributed by atoms with van der Waals surface area (Å²) in [5, 5.41) is 1.97. The van der Waals surface area contributed by atoms with Gasteiger partial charge in [0.1, 0.15) is 12.4 Å². The molecule has 126 valence electrons. The van der Waals surface area contributed by atoms with Crippen LogP contribution in [0.4, 0.5) is 0 Å². The molecule has 0 saturated heterocycles. The monoisotopic (exact) mass is 397 g/mol. The van der Waals surface area contributed by atoms with E-state index in [1.165, 1.54) is 4.88 Å². The number of hydrogen-bond donors (Lipinski definition) is 0. The van der Waals surface area contributed by atoms with Gasteiger partial charge in [0.05, 0.1) is 23.9 Å². The molecule has 0 aliphatic heterocycles. The number of rotatable bonds is 9. The van der Waals surface area contributed by atoms with Gasteiger partial charge in [-0.2, -0.15) is 0 Å². The molecule has 0 atom stereocenters. The number of alkyl halides is 1. The van der Waals surface area contributed by atoms with E-state index in [0.717, 1.165) is 33.8 Å². The molecule has 0 spiro atoms. The summed E-state index contributed by atoms with van der Waals surface area (Å²) >= 11 is 5.13.